The fraction of sp³-hybridized carbons (Fsp3) is 0.400. The Morgan fingerprint density at radius 2 is 2.16 bits per heavy atom. The van der Waals surface area contributed by atoms with Crippen molar-refractivity contribution in [2.45, 2.75) is 13.5 Å². The lowest BCUT2D eigenvalue weighted by Gasteiger charge is -2.18. The van der Waals surface area contributed by atoms with Crippen LogP contribution in [0.1, 0.15) is 18.1 Å². The summed E-state index contributed by atoms with van der Waals surface area (Å²) < 4.78 is 13.5. The van der Waals surface area contributed by atoms with Crippen molar-refractivity contribution in [3.63, 3.8) is 0 Å². The minimum atomic E-state index is -0.305. The summed E-state index contributed by atoms with van der Waals surface area (Å²) in [5.74, 6) is 5.18. The van der Waals surface area contributed by atoms with Gasteiger partial charge < -0.3 is 10.6 Å². The Balaban J connectivity index is 2.78. The molecule has 1 aromatic carbocycles. The van der Waals surface area contributed by atoms with Gasteiger partial charge in [-0.2, -0.15) is 5.26 Å². The first-order valence-corrected chi connectivity index (χ1v) is 6.11. The second-order valence-electron chi connectivity index (χ2n) is 4.58. The van der Waals surface area contributed by atoms with Gasteiger partial charge in [0.2, 0.25) is 0 Å². The van der Waals surface area contributed by atoms with Crippen LogP contribution in [0.3, 0.4) is 0 Å². The van der Waals surface area contributed by atoms with Crippen molar-refractivity contribution in [3.8, 4) is 17.9 Å². The summed E-state index contributed by atoms with van der Waals surface area (Å²) in [5.41, 5.74) is 6.77. The predicted molar refractivity (Wildman–Crippen MR) is 73.4 cm³/mol. The molecule has 0 radical (unpaired) electrons. The van der Waals surface area contributed by atoms with E-state index in [2.05, 4.69) is 17.9 Å². The van der Waals surface area contributed by atoms with E-state index in [9.17, 15) is 4.39 Å². The van der Waals surface area contributed by atoms with E-state index in [1.165, 1.54) is 12.1 Å². The number of hydrogen-bond acceptors (Lipinski definition) is 3. The predicted octanol–water partition coefficient (Wildman–Crippen LogP) is 1.73. The van der Waals surface area contributed by atoms with Crippen molar-refractivity contribution in [2.24, 2.45) is 11.7 Å². The molecule has 0 spiro atoms. The zero-order valence-electron chi connectivity index (χ0n) is 11.3. The molecule has 100 valence electrons. The molecule has 1 aromatic rings. The molecule has 19 heavy (non-hydrogen) atoms. The molecule has 2 N–H and O–H groups in total. The number of hydrogen-bond donors (Lipinski definition) is 1. The number of rotatable bonds is 4. The van der Waals surface area contributed by atoms with Gasteiger partial charge in [-0.05, 0) is 37.7 Å². The lowest BCUT2D eigenvalue weighted by atomic mass is 10.1. The highest BCUT2D eigenvalue weighted by Crippen LogP contribution is 2.11. The van der Waals surface area contributed by atoms with Crippen LogP contribution in [0.2, 0.25) is 0 Å². The highest BCUT2D eigenvalue weighted by atomic mass is 19.1. The quantitative estimate of drug-likeness (QED) is 0.838. The van der Waals surface area contributed by atoms with E-state index in [0.29, 0.717) is 18.7 Å². The van der Waals surface area contributed by atoms with Crippen LogP contribution in [0.5, 0.6) is 0 Å². The van der Waals surface area contributed by atoms with E-state index in [1.807, 2.05) is 24.9 Å². The van der Waals surface area contributed by atoms with Crippen LogP contribution in [0.25, 0.3) is 0 Å². The van der Waals surface area contributed by atoms with Gasteiger partial charge in [0.15, 0.2) is 0 Å². The summed E-state index contributed by atoms with van der Waals surface area (Å²) in [7, 11) is 1.91. The van der Waals surface area contributed by atoms with Gasteiger partial charge in [0, 0.05) is 18.7 Å². The third-order valence-electron chi connectivity index (χ3n) is 2.55. The molecule has 0 saturated heterocycles. The molecular weight excluding hydrogens is 241 g/mol. The summed E-state index contributed by atoms with van der Waals surface area (Å²) in [6, 6.07) is 6.91. The molecular formula is C15H18FN3. The molecule has 1 atom stereocenters. The normalized spacial score (nSPS) is 11.6. The fourth-order valence-corrected chi connectivity index (χ4v) is 1.85. The van der Waals surface area contributed by atoms with E-state index in [4.69, 9.17) is 11.0 Å². The van der Waals surface area contributed by atoms with Gasteiger partial charge in [-0.3, -0.25) is 0 Å². The van der Waals surface area contributed by atoms with E-state index in [1.54, 1.807) is 0 Å². The molecule has 4 heteroatoms. The SMILES string of the molecule is CC(C#N)CN(C)Cc1cc(F)cc(C#CCN)c1. The van der Waals surface area contributed by atoms with Crippen LogP contribution in [-0.2, 0) is 6.54 Å². The van der Waals surface area contributed by atoms with Crippen molar-refractivity contribution < 1.29 is 4.39 Å². The van der Waals surface area contributed by atoms with Crippen LogP contribution in [0.4, 0.5) is 4.39 Å². The van der Waals surface area contributed by atoms with Crippen molar-refractivity contribution in [2.75, 3.05) is 20.1 Å². The molecule has 1 unspecified atom stereocenters. The summed E-state index contributed by atoms with van der Waals surface area (Å²) in [4.78, 5) is 1.99. The Bertz CT molecular complexity index is 522. The first-order valence-electron chi connectivity index (χ1n) is 6.11. The maximum Gasteiger partial charge on any atom is 0.124 e. The average molecular weight is 259 g/mol. The monoisotopic (exact) mass is 259 g/mol. The minimum absolute atomic E-state index is 0.0462. The Hall–Kier alpha value is -1.88. The zero-order chi connectivity index (χ0) is 14.3. The third kappa shape index (κ3) is 5.52. The van der Waals surface area contributed by atoms with Gasteiger partial charge >= 0.3 is 0 Å². The van der Waals surface area contributed by atoms with Gasteiger partial charge in [-0.15, -0.1) is 0 Å². The average Bonchev–Trinajstić information content (AvgIpc) is 2.35. The van der Waals surface area contributed by atoms with Gasteiger partial charge in [0.25, 0.3) is 0 Å². The van der Waals surface area contributed by atoms with Crippen LogP contribution < -0.4 is 5.73 Å². The molecule has 0 saturated carbocycles. The first-order chi connectivity index (χ1) is 9.05. The highest BCUT2D eigenvalue weighted by molar-refractivity contribution is 5.38. The molecule has 0 aliphatic rings. The lowest BCUT2D eigenvalue weighted by molar-refractivity contribution is 0.302. The van der Waals surface area contributed by atoms with E-state index in [0.717, 1.165) is 5.56 Å². The van der Waals surface area contributed by atoms with Gasteiger partial charge in [-0.25, -0.2) is 4.39 Å². The second-order valence-corrected chi connectivity index (χ2v) is 4.58. The minimum Gasteiger partial charge on any atom is -0.320 e. The lowest BCUT2D eigenvalue weighted by Crippen LogP contribution is -2.23. The van der Waals surface area contributed by atoms with Crippen molar-refractivity contribution in [1.82, 2.24) is 4.90 Å². The summed E-state index contributed by atoms with van der Waals surface area (Å²) in [6.07, 6.45) is 0. The number of halogens is 1. The topological polar surface area (TPSA) is 53.0 Å². The Morgan fingerprint density at radius 3 is 2.79 bits per heavy atom. The molecule has 1 rings (SSSR count). The Labute approximate surface area is 113 Å². The van der Waals surface area contributed by atoms with Gasteiger partial charge in [0.05, 0.1) is 18.5 Å². The van der Waals surface area contributed by atoms with Crippen LogP contribution in [-0.4, -0.2) is 25.0 Å². The van der Waals surface area contributed by atoms with E-state index < -0.39 is 0 Å². The van der Waals surface area contributed by atoms with Crippen molar-refractivity contribution in [3.05, 3.63) is 35.1 Å². The highest BCUT2D eigenvalue weighted by Gasteiger charge is 2.07. The van der Waals surface area contributed by atoms with Gasteiger partial charge in [0.1, 0.15) is 5.82 Å². The largest absolute Gasteiger partial charge is 0.320 e. The van der Waals surface area contributed by atoms with Crippen molar-refractivity contribution >= 4 is 0 Å². The number of benzene rings is 1. The van der Waals surface area contributed by atoms with Crippen LogP contribution in [0.15, 0.2) is 18.2 Å². The fourth-order valence-electron chi connectivity index (χ4n) is 1.85. The third-order valence-corrected chi connectivity index (χ3v) is 2.55. The Morgan fingerprint density at radius 1 is 1.42 bits per heavy atom. The molecule has 3 nitrogen and oxygen atoms in total. The standard InChI is InChI=1S/C15H18FN3/c1-12(9-18)10-19(2)11-14-6-13(4-3-5-17)7-15(16)8-14/h6-8,12H,5,10-11,17H2,1-2H3. The van der Waals surface area contributed by atoms with Crippen molar-refractivity contribution in [1.29, 1.82) is 5.26 Å². The molecule has 0 aliphatic carbocycles. The zero-order valence-corrected chi connectivity index (χ0v) is 11.3. The number of nitriles is 1. The molecule has 0 aliphatic heterocycles. The van der Waals surface area contributed by atoms with Crippen LogP contribution >= 0.6 is 0 Å². The second kappa shape index (κ2) is 7.53. The first kappa shape index (κ1) is 15.2. The molecule has 0 heterocycles. The summed E-state index contributed by atoms with van der Waals surface area (Å²) in [5, 5.41) is 8.77. The van der Waals surface area contributed by atoms with Gasteiger partial charge in [-0.1, -0.05) is 11.8 Å². The molecule has 0 amide bonds. The smallest absolute Gasteiger partial charge is 0.124 e. The molecule has 0 bridgehead atoms. The maximum absolute atomic E-state index is 13.5. The number of nitrogens with zero attached hydrogens (tertiary/aromatic N) is 2. The maximum atomic E-state index is 13.5. The number of nitrogens with two attached hydrogens (primary N) is 1. The summed E-state index contributed by atoms with van der Waals surface area (Å²) in [6.45, 7) is 3.35. The molecule has 0 aromatic heterocycles. The van der Waals surface area contributed by atoms with E-state index in [-0.39, 0.29) is 18.3 Å². The summed E-state index contributed by atoms with van der Waals surface area (Å²) >= 11 is 0. The molecule has 0 fully saturated rings. The van der Waals surface area contributed by atoms with Crippen LogP contribution in [0, 0.1) is 34.9 Å². The Kier molecular flexibility index (Phi) is 6.02. The van der Waals surface area contributed by atoms with E-state index >= 15 is 0 Å².